The molecular formula is C39H84NO4P. The van der Waals surface area contributed by atoms with Crippen LogP contribution in [0.4, 0.5) is 0 Å². The number of unbranched alkanes of at least 4 members (excludes halogenated alkanes) is 30. The largest absolute Gasteiger partial charge is 0.756 e. The van der Waals surface area contributed by atoms with Gasteiger partial charge in [0, 0.05) is 0 Å². The lowest BCUT2D eigenvalue weighted by Gasteiger charge is -2.23. The Morgan fingerprint density at radius 2 is 0.667 bits per heavy atom. The average Bonchev–Trinajstić information content (AvgIpc) is 2.98. The lowest BCUT2D eigenvalue weighted by Crippen LogP contribution is -2.35. The van der Waals surface area contributed by atoms with Gasteiger partial charge in [0.15, 0.2) is 0 Å². The Morgan fingerprint density at radius 1 is 0.444 bits per heavy atom. The van der Waals surface area contributed by atoms with Crippen LogP contribution in [0.5, 0.6) is 0 Å². The first kappa shape index (κ1) is 47.2. The molecule has 0 heterocycles. The zero-order chi connectivity index (χ0) is 33.7. The Balaban J connectivity index is 0. The second-order valence-corrected chi connectivity index (χ2v) is 16.1. The zero-order valence-electron chi connectivity index (χ0n) is 31.6. The van der Waals surface area contributed by atoms with Gasteiger partial charge in [-0.3, -0.25) is 4.57 Å². The molecule has 0 aliphatic carbocycles. The molecule has 0 aliphatic heterocycles. The monoisotopic (exact) mass is 662 g/mol. The van der Waals surface area contributed by atoms with Gasteiger partial charge in [0.1, 0.15) is 0 Å². The van der Waals surface area contributed by atoms with Crippen LogP contribution in [0.15, 0.2) is 0 Å². The Hall–Kier alpha value is 0.0700. The van der Waals surface area contributed by atoms with E-state index in [0.29, 0.717) is 6.42 Å². The van der Waals surface area contributed by atoms with Crippen LogP contribution in [0.1, 0.15) is 219 Å². The maximum Gasteiger partial charge on any atom is 0.265 e. The van der Waals surface area contributed by atoms with Crippen molar-refractivity contribution in [2.24, 2.45) is 0 Å². The minimum atomic E-state index is -4.51. The van der Waals surface area contributed by atoms with Gasteiger partial charge >= 0.3 is 0 Å². The molecular weight excluding hydrogens is 577 g/mol. The standard InChI is InChI=1S/C21H46N.C18H39O4P/c1-5-6-7-8-9-10-11-12-13-14-15-16-17-18-19-20-21-22(2,3)4;1-2-3-4-5-6-7-8-9-10-11-12-13-14-15-16-17-18-22-23(19,20)21/h5-21H2,1-4H3;2-18H2,1H3,(H2,19,20,21)/q+1;/p-1. The highest BCUT2D eigenvalue weighted by molar-refractivity contribution is 7.44. The molecule has 0 rings (SSSR count). The fourth-order valence-corrected chi connectivity index (χ4v) is 6.32. The highest BCUT2D eigenvalue weighted by Gasteiger charge is 2.05. The third-order valence-electron chi connectivity index (χ3n) is 8.93. The summed E-state index contributed by atoms with van der Waals surface area (Å²) < 4.78 is 15.8. The molecule has 0 aromatic carbocycles. The second kappa shape index (κ2) is 36.9. The summed E-state index contributed by atoms with van der Waals surface area (Å²) in [6, 6.07) is 0. The quantitative estimate of drug-likeness (QED) is 0.0417. The summed E-state index contributed by atoms with van der Waals surface area (Å²) in [6.45, 7) is 6.00. The van der Waals surface area contributed by atoms with E-state index in [4.69, 9.17) is 4.89 Å². The van der Waals surface area contributed by atoms with E-state index in [9.17, 15) is 9.46 Å². The predicted molar refractivity (Wildman–Crippen MR) is 198 cm³/mol. The van der Waals surface area contributed by atoms with E-state index in [1.165, 1.54) is 193 Å². The molecule has 0 saturated carbocycles. The maximum absolute atomic E-state index is 10.4. The van der Waals surface area contributed by atoms with Gasteiger partial charge < -0.3 is 18.8 Å². The number of hydrogen-bond donors (Lipinski definition) is 1. The molecule has 6 heteroatoms. The SMILES string of the molecule is CCCCCCCCCCCCCCCCCCOP(=O)([O-])O.CCCCCCCCCCCCCCCCCC[N+](C)(C)C. The van der Waals surface area contributed by atoms with E-state index in [1.807, 2.05) is 0 Å². The van der Waals surface area contributed by atoms with Crippen LogP contribution in [-0.4, -0.2) is 43.7 Å². The maximum atomic E-state index is 10.4. The lowest BCUT2D eigenvalue weighted by molar-refractivity contribution is -0.870. The number of quaternary nitrogens is 1. The van der Waals surface area contributed by atoms with Crippen LogP contribution in [0, 0.1) is 0 Å². The molecule has 0 amide bonds. The summed E-state index contributed by atoms with van der Waals surface area (Å²) in [5.74, 6) is 0. The summed E-state index contributed by atoms with van der Waals surface area (Å²) in [5, 5.41) is 0. The van der Waals surface area contributed by atoms with E-state index in [0.717, 1.165) is 17.3 Å². The van der Waals surface area contributed by atoms with Crippen LogP contribution in [0.3, 0.4) is 0 Å². The molecule has 45 heavy (non-hydrogen) atoms. The van der Waals surface area contributed by atoms with Gasteiger partial charge in [-0.05, 0) is 19.3 Å². The molecule has 1 unspecified atom stereocenters. The van der Waals surface area contributed by atoms with E-state index in [-0.39, 0.29) is 6.61 Å². The van der Waals surface area contributed by atoms with Crippen molar-refractivity contribution in [1.29, 1.82) is 0 Å². The Kier molecular flexibility index (Phi) is 38.7. The second-order valence-electron chi connectivity index (χ2n) is 14.9. The first-order chi connectivity index (χ1) is 21.6. The van der Waals surface area contributed by atoms with Crippen LogP contribution >= 0.6 is 7.82 Å². The number of phosphoric acid groups is 1. The molecule has 0 fully saturated rings. The highest BCUT2D eigenvalue weighted by atomic mass is 31.2. The first-order valence-electron chi connectivity index (χ1n) is 20.1. The Morgan fingerprint density at radius 3 is 0.889 bits per heavy atom. The van der Waals surface area contributed by atoms with E-state index in [1.54, 1.807) is 0 Å². The minimum Gasteiger partial charge on any atom is -0.756 e. The molecule has 1 N–H and O–H groups in total. The van der Waals surface area contributed by atoms with Crippen molar-refractivity contribution in [3.05, 3.63) is 0 Å². The molecule has 0 saturated heterocycles. The van der Waals surface area contributed by atoms with E-state index in [2.05, 4.69) is 39.5 Å². The fourth-order valence-electron chi connectivity index (χ4n) is 5.96. The Bertz CT molecular complexity index is 590. The predicted octanol–water partition coefficient (Wildman–Crippen LogP) is 12.7. The van der Waals surface area contributed by atoms with Crippen molar-refractivity contribution in [1.82, 2.24) is 0 Å². The smallest absolute Gasteiger partial charge is 0.265 e. The summed E-state index contributed by atoms with van der Waals surface area (Å²) >= 11 is 0. The summed E-state index contributed by atoms with van der Waals surface area (Å²) in [5.41, 5.74) is 0. The van der Waals surface area contributed by atoms with Crippen molar-refractivity contribution >= 4 is 7.82 Å². The zero-order valence-corrected chi connectivity index (χ0v) is 32.5. The minimum absolute atomic E-state index is 0.107. The molecule has 0 aromatic heterocycles. The van der Waals surface area contributed by atoms with Gasteiger partial charge in [0.05, 0.1) is 34.3 Å². The molecule has 1 atom stereocenters. The normalized spacial score (nSPS) is 13.0. The van der Waals surface area contributed by atoms with Crippen molar-refractivity contribution in [3.8, 4) is 0 Å². The number of nitrogens with zero attached hydrogens (tertiary/aromatic N) is 1. The van der Waals surface area contributed by atoms with Gasteiger partial charge in [-0.2, -0.15) is 0 Å². The van der Waals surface area contributed by atoms with Crippen molar-refractivity contribution in [2.75, 3.05) is 34.3 Å². The van der Waals surface area contributed by atoms with Gasteiger partial charge in [0.25, 0.3) is 7.82 Å². The molecule has 0 radical (unpaired) electrons. The van der Waals surface area contributed by atoms with Gasteiger partial charge in [0.2, 0.25) is 0 Å². The van der Waals surface area contributed by atoms with Gasteiger partial charge in [-0.1, -0.05) is 200 Å². The molecule has 0 aliphatic rings. The Labute approximate surface area is 284 Å². The fraction of sp³-hybridized carbons (Fsp3) is 1.00. The van der Waals surface area contributed by atoms with Crippen molar-refractivity contribution in [3.63, 3.8) is 0 Å². The topological polar surface area (TPSA) is 69.6 Å². The van der Waals surface area contributed by atoms with Gasteiger partial charge in [-0.15, -0.1) is 0 Å². The van der Waals surface area contributed by atoms with Crippen LogP contribution in [0.25, 0.3) is 0 Å². The third kappa shape index (κ3) is 51.1. The molecule has 274 valence electrons. The number of hydrogen-bond acceptors (Lipinski definition) is 3. The number of rotatable bonds is 35. The van der Waals surface area contributed by atoms with E-state index >= 15 is 0 Å². The molecule has 5 nitrogen and oxygen atoms in total. The van der Waals surface area contributed by atoms with Crippen molar-refractivity contribution < 1.29 is 23.4 Å². The van der Waals surface area contributed by atoms with Crippen LogP contribution in [0.2, 0.25) is 0 Å². The molecule has 0 bridgehead atoms. The summed E-state index contributed by atoms with van der Waals surface area (Å²) in [4.78, 5) is 18.8. The molecule has 0 spiro atoms. The summed E-state index contributed by atoms with van der Waals surface area (Å²) in [7, 11) is 2.38. The lowest BCUT2D eigenvalue weighted by atomic mass is 10.0. The van der Waals surface area contributed by atoms with E-state index < -0.39 is 7.82 Å². The van der Waals surface area contributed by atoms with Gasteiger partial charge in [-0.25, -0.2) is 0 Å². The van der Waals surface area contributed by atoms with Crippen molar-refractivity contribution in [2.45, 2.75) is 219 Å². The third-order valence-corrected chi connectivity index (χ3v) is 9.44. The average molecular weight is 662 g/mol. The highest BCUT2D eigenvalue weighted by Crippen LogP contribution is 2.30. The van der Waals surface area contributed by atoms with Crippen LogP contribution < -0.4 is 4.89 Å². The molecule has 0 aromatic rings. The van der Waals surface area contributed by atoms with Crippen LogP contribution in [-0.2, 0) is 9.09 Å². The summed E-state index contributed by atoms with van der Waals surface area (Å²) in [6.07, 6.45) is 43.9. The first-order valence-corrected chi connectivity index (χ1v) is 21.6. The number of phosphoric ester groups is 1.